The molecule has 6 heteroatoms. The minimum Gasteiger partial charge on any atom is -0.478 e. The van der Waals surface area contributed by atoms with E-state index in [4.69, 9.17) is 14.6 Å². The van der Waals surface area contributed by atoms with Crippen LogP contribution in [0, 0.1) is 0 Å². The number of hydrogen-bond acceptors (Lipinski definition) is 4. The lowest BCUT2D eigenvalue weighted by molar-refractivity contribution is 0.0403. The molecule has 1 saturated heterocycles. The molecule has 2 N–H and O–H groups in total. The molecule has 2 rings (SSSR count). The fourth-order valence-electron chi connectivity index (χ4n) is 2.36. The lowest BCUT2D eigenvalue weighted by Gasteiger charge is -2.23. The minimum atomic E-state index is -1.02. The van der Waals surface area contributed by atoms with Gasteiger partial charge in [0, 0.05) is 19.3 Å². The number of carbonyl (C=O) groups is 2. The number of carbonyl (C=O) groups excluding carboxylic acids is 1. The van der Waals surface area contributed by atoms with Crippen LogP contribution in [0.4, 0.5) is 0 Å². The molecule has 0 aromatic heterocycles. The highest BCUT2D eigenvalue weighted by molar-refractivity contribution is 5.96. The van der Waals surface area contributed by atoms with Crippen LogP contribution in [0.3, 0.4) is 0 Å². The third kappa shape index (κ3) is 4.03. The molecule has 1 aromatic carbocycles. The summed E-state index contributed by atoms with van der Waals surface area (Å²) in [6.45, 7) is 1.08. The number of hydrogen-bond donors (Lipinski definition) is 2. The van der Waals surface area contributed by atoms with E-state index < -0.39 is 5.97 Å². The summed E-state index contributed by atoms with van der Waals surface area (Å²) in [6, 6.07) is 5.61. The SMILES string of the molecule is COCC(NC(=O)c1ccc(C(=O)O)cc1)C1CCCO1. The predicted molar refractivity (Wildman–Crippen MR) is 75.5 cm³/mol. The van der Waals surface area contributed by atoms with Crippen molar-refractivity contribution in [2.75, 3.05) is 20.3 Å². The monoisotopic (exact) mass is 293 g/mol. The van der Waals surface area contributed by atoms with E-state index in [1.165, 1.54) is 24.3 Å². The molecule has 0 radical (unpaired) electrons. The van der Waals surface area contributed by atoms with Gasteiger partial charge < -0.3 is 19.9 Å². The summed E-state index contributed by atoms with van der Waals surface area (Å²) in [5, 5.41) is 11.7. The van der Waals surface area contributed by atoms with E-state index in [0.29, 0.717) is 18.8 Å². The molecular weight excluding hydrogens is 274 g/mol. The molecule has 114 valence electrons. The van der Waals surface area contributed by atoms with Crippen LogP contribution >= 0.6 is 0 Å². The van der Waals surface area contributed by atoms with Crippen molar-refractivity contribution in [1.29, 1.82) is 0 Å². The molecule has 1 aliphatic heterocycles. The first-order valence-electron chi connectivity index (χ1n) is 6.86. The van der Waals surface area contributed by atoms with Crippen LogP contribution < -0.4 is 5.32 Å². The van der Waals surface area contributed by atoms with Gasteiger partial charge in [-0.1, -0.05) is 0 Å². The number of amides is 1. The van der Waals surface area contributed by atoms with Gasteiger partial charge in [-0.2, -0.15) is 0 Å². The van der Waals surface area contributed by atoms with Crippen molar-refractivity contribution in [1.82, 2.24) is 5.32 Å². The molecule has 1 amide bonds. The maximum atomic E-state index is 12.2. The van der Waals surface area contributed by atoms with Gasteiger partial charge in [-0.3, -0.25) is 4.79 Å². The molecule has 0 saturated carbocycles. The van der Waals surface area contributed by atoms with Crippen LogP contribution in [0.2, 0.25) is 0 Å². The Labute approximate surface area is 123 Å². The topological polar surface area (TPSA) is 84.9 Å². The Kier molecular flexibility index (Phi) is 5.30. The van der Waals surface area contributed by atoms with Gasteiger partial charge >= 0.3 is 5.97 Å². The summed E-state index contributed by atoms with van der Waals surface area (Å²) >= 11 is 0. The molecule has 1 fully saturated rings. The fraction of sp³-hybridized carbons (Fsp3) is 0.467. The zero-order valence-corrected chi connectivity index (χ0v) is 11.9. The fourth-order valence-corrected chi connectivity index (χ4v) is 2.36. The Morgan fingerprint density at radius 3 is 2.57 bits per heavy atom. The van der Waals surface area contributed by atoms with Gasteiger partial charge in [0.05, 0.1) is 24.3 Å². The van der Waals surface area contributed by atoms with Crippen LogP contribution in [-0.4, -0.2) is 49.5 Å². The van der Waals surface area contributed by atoms with Crippen molar-refractivity contribution < 1.29 is 24.2 Å². The lowest BCUT2D eigenvalue weighted by atomic mass is 10.1. The number of carboxylic acids is 1. The number of nitrogens with one attached hydrogen (secondary N) is 1. The van der Waals surface area contributed by atoms with Crippen LogP contribution in [0.25, 0.3) is 0 Å². The highest BCUT2D eigenvalue weighted by atomic mass is 16.5. The van der Waals surface area contributed by atoms with E-state index in [1.54, 1.807) is 7.11 Å². The Balaban J connectivity index is 2.02. The minimum absolute atomic E-state index is 0.0350. The smallest absolute Gasteiger partial charge is 0.335 e. The third-order valence-electron chi connectivity index (χ3n) is 3.47. The normalized spacial score (nSPS) is 19.2. The summed E-state index contributed by atoms with van der Waals surface area (Å²) in [5.74, 6) is -1.27. The van der Waals surface area contributed by atoms with E-state index in [9.17, 15) is 9.59 Å². The molecule has 2 unspecified atom stereocenters. The van der Waals surface area contributed by atoms with Crippen molar-refractivity contribution in [2.45, 2.75) is 25.0 Å². The molecule has 0 aliphatic carbocycles. The second kappa shape index (κ2) is 7.19. The predicted octanol–water partition coefficient (Wildman–Crippen LogP) is 1.31. The first-order valence-corrected chi connectivity index (χ1v) is 6.86. The molecule has 6 nitrogen and oxygen atoms in total. The van der Waals surface area contributed by atoms with Crippen molar-refractivity contribution in [3.05, 3.63) is 35.4 Å². The standard InChI is InChI=1S/C15H19NO5/c1-20-9-12(13-3-2-8-21-13)16-14(17)10-4-6-11(7-5-10)15(18)19/h4-7,12-13H,2-3,8-9H2,1H3,(H,16,17)(H,18,19). The molecule has 0 spiro atoms. The van der Waals surface area contributed by atoms with Gasteiger partial charge in [-0.05, 0) is 37.1 Å². The average Bonchev–Trinajstić information content (AvgIpc) is 3.01. The highest BCUT2D eigenvalue weighted by Crippen LogP contribution is 2.16. The Bertz CT molecular complexity index is 493. The zero-order chi connectivity index (χ0) is 15.2. The first kappa shape index (κ1) is 15.5. The average molecular weight is 293 g/mol. The number of methoxy groups -OCH3 is 1. The summed E-state index contributed by atoms with van der Waals surface area (Å²) in [4.78, 5) is 23.0. The second-order valence-electron chi connectivity index (χ2n) is 4.97. The number of benzene rings is 1. The molecule has 21 heavy (non-hydrogen) atoms. The van der Waals surface area contributed by atoms with Gasteiger partial charge in [-0.15, -0.1) is 0 Å². The lowest BCUT2D eigenvalue weighted by Crippen LogP contribution is -2.46. The Hall–Kier alpha value is -1.92. The summed E-state index contributed by atoms with van der Waals surface area (Å²) in [6.07, 6.45) is 1.84. The number of aromatic carboxylic acids is 1. The molecular formula is C15H19NO5. The molecule has 1 aromatic rings. The van der Waals surface area contributed by atoms with Crippen LogP contribution in [0.1, 0.15) is 33.6 Å². The van der Waals surface area contributed by atoms with Gasteiger partial charge in [0.1, 0.15) is 0 Å². The Morgan fingerprint density at radius 2 is 2.05 bits per heavy atom. The van der Waals surface area contributed by atoms with Crippen molar-refractivity contribution in [3.8, 4) is 0 Å². The summed E-state index contributed by atoms with van der Waals surface area (Å²) in [5.41, 5.74) is 0.568. The highest BCUT2D eigenvalue weighted by Gasteiger charge is 2.27. The maximum Gasteiger partial charge on any atom is 0.335 e. The van der Waals surface area contributed by atoms with Crippen LogP contribution in [0.5, 0.6) is 0 Å². The van der Waals surface area contributed by atoms with Gasteiger partial charge in [0.15, 0.2) is 0 Å². The Morgan fingerprint density at radius 1 is 1.38 bits per heavy atom. The number of ether oxygens (including phenoxy) is 2. The largest absolute Gasteiger partial charge is 0.478 e. The molecule has 0 bridgehead atoms. The van der Waals surface area contributed by atoms with Crippen molar-refractivity contribution >= 4 is 11.9 Å². The van der Waals surface area contributed by atoms with E-state index in [0.717, 1.165) is 12.8 Å². The summed E-state index contributed by atoms with van der Waals surface area (Å²) < 4.78 is 10.7. The maximum absolute atomic E-state index is 12.2. The van der Waals surface area contributed by atoms with E-state index >= 15 is 0 Å². The molecule has 1 heterocycles. The van der Waals surface area contributed by atoms with Crippen molar-refractivity contribution in [2.24, 2.45) is 0 Å². The third-order valence-corrected chi connectivity index (χ3v) is 3.47. The quantitative estimate of drug-likeness (QED) is 0.826. The van der Waals surface area contributed by atoms with Gasteiger partial charge in [-0.25, -0.2) is 4.79 Å². The van der Waals surface area contributed by atoms with E-state index in [2.05, 4.69) is 5.32 Å². The van der Waals surface area contributed by atoms with Crippen molar-refractivity contribution in [3.63, 3.8) is 0 Å². The van der Waals surface area contributed by atoms with Gasteiger partial charge in [0.2, 0.25) is 0 Å². The van der Waals surface area contributed by atoms with E-state index in [-0.39, 0.29) is 23.6 Å². The number of carboxylic acid groups (broad SMARTS) is 1. The van der Waals surface area contributed by atoms with E-state index in [1.807, 2.05) is 0 Å². The van der Waals surface area contributed by atoms with Crippen LogP contribution in [0.15, 0.2) is 24.3 Å². The van der Waals surface area contributed by atoms with Gasteiger partial charge in [0.25, 0.3) is 5.91 Å². The number of rotatable bonds is 6. The van der Waals surface area contributed by atoms with Crippen LogP contribution in [-0.2, 0) is 9.47 Å². The first-order chi connectivity index (χ1) is 10.1. The second-order valence-corrected chi connectivity index (χ2v) is 4.97. The zero-order valence-electron chi connectivity index (χ0n) is 11.9. The molecule has 1 aliphatic rings. The molecule has 2 atom stereocenters. The summed E-state index contributed by atoms with van der Waals surface area (Å²) in [7, 11) is 1.58.